The molecule has 2 aromatic carbocycles. The third kappa shape index (κ3) is 5.30. The summed E-state index contributed by atoms with van der Waals surface area (Å²) in [5.41, 5.74) is 5.00. The molecule has 0 aromatic heterocycles. The summed E-state index contributed by atoms with van der Waals surface area (Å²) in [7, 11) is 0. The zero-order chi connectivity index (χ0) is 21.8. The van der Waals surface area contributed by atoms with E-state index in [1.165, 1.54) is 16.7 Å². The molecule has 2 heterocycles. The minimum atomic E-state index is 0.0504. The van der Waals surface area contributed by atoms with Crippen LogP contribution in [0.1, 0.15) is 68.1 Å². The first-order chi connectivity index (χ1) is 15.0. The van der Waals surface area contributed by atoms with Crippen molar-refractivity contribution < 1.29 is 4.79 Å². The number of hydrogen-bond acceptors (Lipinski definition) is 2. The predicted octanol–water partition coefficient (Wildman–Crippen LogP) is 5.99. The van der Waals surface area contributed by atoms with Gasteiger partial charge in [-0.1, -0.05) is 48.0 Å². The van der Waals surface area contributed by atoms with E-state index in [-0.39, 0.29) is 6.03 Å². The number of piperidine rings is 2. The smallest absolute Gasteiger partial charge is 0.321 e. The number of urea groups is 1. The van der Waals surface area contributed by atoms with Gasteiger partial charge in [0.2, 0.25) is 0 Å². The molecule has 0 aliphatic carbocycles. The Bertz CT molecular complexity index is 860. The molecule has 0 bridgehead atoms. The molecule has 2 saturated heterocycles. The van der Waals surface area contributed by atoms with E-state index >= 15 is 0 Å². The summed E-state index contributed by atoms with van der Waals surface area (Å²) in [6.07, 6.45) is 4.39. The number of hydrogen-bond donors (Lipinski definition) is 1. The molecular formula is C27H37N3O. The van der Waals surface area contributed by atoms with E-state index in [0.717, 1.165) is 57.5 Å². The van der Waals surface area contributed by atoms with Gasteiger partial charge >= 0.3 is 6.03 Å². The second-order valence-electron chi connectivity index (χ2n) is 9.59. The second kappa shape index (κ2) is 9.86. The zero-order valence-electron chi connectivity index (χ0n) is 19.3. The molecule has 0 radical (unpaired) electrons. The first kappa shape index (κ1) is 21.9. The highest BCUT2D eigenvalue weighted by Gasteiger charge is 2.26. The Balaban J connectivity index is 1.35. The third-order valence-electron chi connectivity index (χ3n) is 7.23. The lowest BCUT2D eigenvalue weighted by molar-refractivity contribution is 0.172. The molecule has 0 atom stereocenters. The minimum Gasteiger partial charge on any atom is -0.324 e. The molecular weight excluding hydrogens is 382 g/mol. The molecule has 2 aromatic rings. The highest BCUT2D eigenvalue weighted by atomic mass is 16.2. The summed E-state index contributed by atoms with van der Waals surface area (Å²) >= 11 is 0. The fraction of sp³-hybridized carbons (Fsp3) is 0.519. The molecule has 4 nitrogen and oxygen atoms in total. The van der Waals surface area contributed by atoms with Gasteiger partial charge in [0.25, 0.3) is 0 Å². The molecule has 0 spiro atoms. The van der Waals surface area contributed by atoms with Crippen LogP contribution in [0.3, 0.4) is 0 Å². The van der Waals surface area contributed by atoms with E-state index in [1.807, 2.05) is 11.0 Å². The van der Waals surface area contributed by atoms with Crippen molar-refractivity contribution in [3.05, 3.63) is 65.2 Å². The molecule has 2 amide bonds. The minimum absolute atomic E-state index is 0.0504. The Morgan fingerprint density at radius 1 is 0.871 bits per heavy atom. The topological polar surface area (TPSA) is 35.6 Å². The molecule has 4 heteroatoms. The molecule has 2 aliphatic rings. The highest BCUT2D eigenvalue weighted by Crippen LogP contribution is 2.34. The molecule has 2 fully saturated rings. The summed E-state index contributed by atoms with van der Waals surface area (Å²) in [6.45, 7) is 10.6. The number of carbonyl (C=O) groups excluding carboxylic acids is 1. The first-order valence-corrected chi connectivity index (χ1v) is 12.0. The first-order valence-electron chi connectivity index (χ1n) is 12.0. The maximum absolute atomic E-state index is 13.0. The molecule has 2 aliphatic heterocycles. The number of nitrogens with one attached hydrogen (secondary N) is 1. The number of likely N-dealkylation sites (tertiary alicyclic amines) is 2. The number of benzene rings is 2. The van der Waals surface area contributed by atoms with Crippen LogP contribution in [-0.2, 0) is 0 Å². The summed E-state index contributed by atoms with van der Waals surface area (Å²) in [5.74, 6) is 1.09. The van der Waals surface area contributed by atoms with Gasteiger partial charge in [0.15, 0.2) is 0 Å². The van der Waals surface area contributed by atoms with Crippen molar-refractivity contribution in [2.75, 3.05) is 31.5 Å². The van der Waals surface area contributed by atoms with Gasteiger partial charge in [0.1, 0.15) is 0 Å². The fourth-order valence-electron chi connectivity index (χ4n) is 5.14. The van der Waals surface area contributed by atoms with Crippen LogP contribution in [0.4, 0.5) is 10.5 Å². The van der Waals surface area contributed by atoms with Gasteiger partial charge < -0.3 is 15.1 Å². The highest BCUT2D eigenvalue weighted by molar-refractivity contribution is 5.90. The van der Waals surface area contributed by atoms with Gasteiger partial charge in [-0.05, 0) is 88.6 Å². The van der Waals surface area contributed by atoms with Crippen molar-refractivity contribution in [1.29, 1.82) is 0 Å². The lowest BCUT2D eigenvalue weighted by atomic mass is 9.88. The van der Waals surface area contributed by atoms with Gasteiger partial charge in [-0.25, -0.2) is 4.79 Å². The summed E-state index contributed by atoms with van der Waals surface area (Å²) in [5, 5.41) is 3.25. The maximum atomic E-state index is 13.0. The largest absolute Gasteiger partial charge is 0.324 e. The number of carbonyl (C=O) groups is 1. The average molecular weight is 420 g/mol. The van der Waals surface area contributed by atoms with Crippen molar-refractivity contribution in [3.63, 3.8) is 0 Å². The van der Waals surface area contributed by atoms with Gasteiger partial charge in [-0.2, -0.15) is 0 Å². The standard InChI is InChI=1S/C27H37N3O/c1-20(2)29-16-14-24(15-17-29)25-6-4-5-7-26(25)28-27(31)30-18-12-23(13-19-30)22-10-8-21(3)9-11-22/h4-11,20,23-24H,12-19H2,1-3H3,(H,28,31). The van der Waals surface area contributed by atoms with E-state index in [4.69, 9.17) is 0 Å². The Morgan fingerprint density at radius 3 is 2.13 bits per heavy atom. The van der Waals surface area contributed by atoms with E-state index in [2.05, 4.69) is 73.5 Å². The lowest BCUT2D eigenvalue weighted by Gasteiger charge is -2.36. The summed E-state index contributed by atoms with van der Waals surface area (Å²) < 4.78 is 0. The van der Waals surface area contributed by atoms with Crippen molar-refractivity contribution >= 4 is 11.7 Å². The quantitative estimate of drug-likeness (QED) is 0.660. The van der Waals surface area contributed by atoms with Gasteiger partial charge in [-0.3, -0.25) is 0 Å². The number of nitrogens with zero attached hydrogens (tertiary/aromatic N) is 2. The van der Waals surface area contributed by atoms with Crippen LogP contribution in [0.25, 0.3) is 0 Å². The molecule has 4 rings (SSSR count). The van der Waals surface area contributed by atoms with Crippen LogP contribution in [0, 0.1) is 6.92 Å². The number of anilines is 1. The Kier molecular flexibility index (Phi) is 6.96. The molecule has 31 heavy (non-hydrogen) atoms. The molecule has 0 unspecified atom stereocenters. The van der Waals surface area contributed by atoms with Crippen LogP contribution < -0.4 is 5.32 Å². The van der Waals surface area contributed by atoms with Gasteiger partial charge in [-0.15, -0.1) is 0 Å². The van der Waals surface area contributed by atoms with Crippen LogP contribution >= 0.6 is 0 Å². The van der Waals surface area contributed by atoms with Gasteiger partial charge in [0.05, 0.1) is 0 Å². The third-order valence-corrected chi connectivity index (χ3v) is 7.23. The predicted molar refractivity (Wildman–Crippen MR) is 129 cm³/mol. The Morgan fingerprint density at radius 2 is 1.48 bits per heavy atom. The normalized spacial score (nSPS) is 19.0. The number of amides is 2. The van der Waals surface area contributed by atoms with Crippen molar-refractivity contribution in [3.8, 4) is 0 Å². The van der Waals surface area contributed by atoms with E-state index in [0.29, 0.717) is 17.9 Å². The number of aryl methyl sites for hydroxylation is 1. The van der Waals surface area contributed by atoms with E-state index < -0.39 is 0 Å². The summed E-state index contributed by atoms with van der Waals surface area (Å²) in [6, 6.07) is 17.9. The number of rotatable bonds is 4. The van der Waals surface area contributed by atoms with Crippen LogP contribution in [-0.4, -0.2) is 48.1 Å². The molecule has 1 N–H and O–H groups in total. The Hall–Kier alpha value is -2.33. The average Bonchev–Trinajstić information content (AvgIpc) is 2.80. The van der Waals surface area contributed by atoms with Crippen molar-refractivity contribution in [2.24, 2.45) is 0 Å². The van der Waals surface area contributed by atoms with E-state index in [1.54, 1.807) is 0 Å². The lowest BCUT2D eigenvalue weighted by Crippen LogP contribution is -2.41. The van der Waals surface area contributed by atoms with E-state index in [9.17, 15) is 4.79 Å². The SMILES string of the molecule is Cc1ccc(C2CCN(C(=O)Nc3ccccc3C3CCN(C(C)C)CC3)CC2)cc1. The van der Waals surface area contributed by atoms with Crippen molar-refractivity contribution in [2.45, 2.75) is 64.3 Å². The molecule has 0 saturated carbocycles. The van der Waals surface area contributed by atoms with Crippen LogP contribution in [0.2, 0.25) is 0 Å². The van der Waals surface area contributed by atoms with Crippen LogP contribution in [0.15, 0.2) is 48.5 Å². The summed E-state index contributed by atoms with van der Waals surface area (Å²) in [4.78, 5) is 17.6. The Labute approximate surface area is 187 Å². The van der Waals surface area contributed by atoms with Gasteiger partial charge in [0, 0.05) is 24.8 Å². The fourth-order valence-corrected chi connectivity index (χ4v) is 5.14. The molecule has 166 valence electrons. The van der Waals surface area contributed by atoms with Crippen molar-refractivity contribution in [1.82, 2.24) is 9.80 Å². The monoisotopic (exact) mass is 419 g/mol. The second-order valence-corrected chi connectivity index (χ2v) is 9.59. The maximum Gasteiger partial charge on any atom is 0.321 e. The number of para-hydroxylation sites is 1. The van der Waals surface area contributed by atoms with Crippen LogP contribution in [0.5, 0.6) is 0 Å². The zero-order valence-corrected chi connectivity index (χ0v) is 19.3.